The van der Waals surface area contributed by atoms with E-state index in [2.05, 4.69) is 15.6 Å². The normalized spacial score (nSPS) is 23.2. The Morgan fingerprint density at radius 3 is 2.61 bits per heavy atom. The van der Waals surface area contributed by atoms with Gasteiger partial charge in [-0.2, -0.15) is 0 Å². The van der Waals surface area contributed by atoms with Crippen LogP contribution in [0.25, 0.3) is 11.3 Å². The number of aliphatic hydroxyl groups excluding tert-OH is 3. The topological polar surface area (TPSA) is 142 Å². The van der Waals surface area contributed by atoms with E-state index < -0.39 is 42.9 Å². The zero-order valence-corrected chi connectivity index (χ0v) is 21.1. The van der Waals surface area contributed by atoms with Crippen LogP contribution in [0.3, 0.4) is 0 Å². The number of amides is 1. The summed E-state index contributed by atoms with van der Waals surface area (Å²) in [7, 11) is 3.24. The summed E-state index contributed by atoms with van der Waals surface area (Å²) in [6.07, 6.45) is -3.41. The molecule has 0 spiro atoms. The molecule has 2 heterocycles. The number of likely N-dealkylation sites (N-methyl/N-ethyl adjacent to an activating group) is 1. The lowest BCUT2D eigenvalue weighted by molar-refractivity contribution is -0.208. The van der Waals surface area contributed by atoms with Crippen LogP contribution in [0.2, 0.25) is 0 Å². The number of rotatable bonds is 10. The van der Waals surface area contributed by atoms with Crippen molar-refractivity contribution in [2.24, 2.45) is 0 Å². The molecule has 5 atom stereocenters. The number of nitrogens with one attached hydrogen (secondary N) is 1. The Morgan fingerprint density at radius 2 is 1.92 bits per heavy atom. The van der Waals surface area contributed by atoms with E-state index in [-0.39, 0.29) is 12.3 Å². The van der Waals surface area contributed by atoms with Crippen molar-refractivity contribution in [3.8, 4) is 17.0 Å². The van der Waals surface area contributed by atoms with Gasteiger partial charge in [-0.05, 0) is 36.4 Å². The molecule has 0 aliphatic carbocycles. The quantitative estimate of drug-likeness (QED) is 0.303. The molecule has 204 valence electrons. The lowest BCUT2D eigenvalue weighted by atomic mass is 9.91. The first-order chi connectivity index (χ1) is 18.3. The zero-order chi connectivity index (χ0) is 27.2. The molecule has 1 saturated heterocycles. The molecule has 4 N–H and O–H groups in total. The summed E-state index contributed by atoms with van der Waals surface area (Å²) in [6, 6.07) is 12.2. The van der Waals surface area contributed by atoms with E-state index in [1.165, 1.54) is 34.0 Å². The maximum Gasteiger partial charge on any atom is 0.225 e. The summed E-state index contributed by atoms with van der Waals surface area (Å²) in [5.41, 5.74) is 1.70. The Bertz CT molecular complexity index is 1210. The van der Waals surface area contributed by atoms with Gasteiger partial charge in [0.1, 0.15) is 41.6 Å². The number of aliphatic hydroxyl groups is 3. The minimum Gasteiger partial charge on any atom is -0.497 e. The fourth-order valence-corrected chi connectivity index (χ4v) is 4.39. The second-order valence-corrected chi connectivity index (χ2v) is 9.14. The number of anilines is 1. The average molecular weight is 530 g/mol. The van der Waals surface area contributed by atoms with E-state index in [4.69, 9.17) is 9.47 Å². The van der Waals surface area contributed by atoms with Crippen molar-refractivity contribution in [2.75, 3.05) is 39.2 Å². The molecule has 12 heteroatoms. The fourth-order valence-electron chi connectivity index (χ4n) is 4.39. The van der Waals surface area contributed by atoms with E-state index in [0.717, 1.165) is 11.4 Å². The van der Waals surface area contributed by atoms with Gasteiger partial charge in [-0.3, -0.25) is 4.79 Å². The number of carbonyl (C=O) groups is 1. The van der Waals surface area contributed by atoms with Gasteiger partial charge in [0.25, 0.3) is 0 Å². The van der Waals surface area contributed by atoms with Crippen LogP contribution in [0, 0.1) is 5.82 Å². The summed E-state index contributed by atoms with van der Waals surface area (Å²) in [5, 5.41) is 42.9. The molecule has 1 amide bonds. The molecule has 1 aliphatic rings. The molecule has 0 radical (unpaired) electrons. The highest BCUT2D eigenvalue weighted by Gasteiger charge is 2.46. The Kier molecular flexibility index (Phi) is 8.89. The third kappa shape index (κ3) is 6.27. The minimum atomic E-state index is -1.33. The molecule has 11 nitrogen and oxygen atoms in total. The molecule has 1 aromatic heterocycles. The van der Waals surface area contributed by atoms with Gasteiger partial charge >= 0.3 is 0 Å². The second kappa shape index (κ2) is 12.3. The van der Waals surface area contributed by atoms with Crippen LogP contribution in [0.15, 0.2) is 54.7 Å². The maximum absolute atomic E-state index is 13.6. The van der Waals surface area contributed by atoms with Gasteiger partial charge in [-0.25, -0.2) is 9.07 Å². The Hall–Kier alpha value is -3.58. The lowest BCUT2D eigenvalue weighted by Gasteiger charge is -2.42. The summed E-state index contributed by atoms with van der Waals surface area (Å²) in [4.78, 5) is 14.4. The van der Waals surface area contributed by atoms with Crippen LogP contribution in [-0.4, -0.2) is 99.4 Å². The third-order valence-corrected chi connectivity index (χ3v) is 6.60. The van der Waals surface area contributed by atoms with E-state index in [1.54, 1.807) is 20.2 Å². The van der Waals surface area contributed by atoms with Crippen LogP contribution in [-0.2, 0) is 9.53 Å². The summed E-state index contributed by atoms with van der Waals surface area (Å²) >= 11 is 0. The van der Waals surface area contributed by atoms with Crippen LogP contribution >= 0.6 is 0 Å². The number of halogens is 1. The van der Waals surface area contributed by atoms with Gasteiger partial charge in [0.05, 0.1) is 32.4 Å². The van der Waals surface area contributed by atoms with Crippen LogP contribution < -0.4 is 10.1 Å². The first-order valence-corrected chi connectivity index (χ1v) is 12.2. The van der Waals surface area contributed by atoms with Crippen LogP contribution in [0.5, 0.6) is 5.75 Å². The second-order valence-electron chi connectivity index (χ2n) is 9.14. The molecular formula is C26H32FN5O6. The monoisotopic (exact) mass is 529 g/mol. The zero-order valence-electron chi connectivity index (χ0n) is 21.1. The van der Waals surface area contributed by atoms with Gasteiger partial charge in [0.15, 0.2) is 0 Å². The number of ether oxygens (including phenoxy) is 2. The first-order valence-electron chi connectivity index (χ1n) is 12.2. The summed E-state index contributed by atoms with van der Waals surface area (Å²) < 4.78 is 25.7. The van der Waals surface area contributed by atoms with Crippen molar-refractivity contribution in [1.82, 2.24) is 19.9 Å². The van der Waals surface area contributed by atoms with E-state index in [9.17, 15) is 24.5 Å². The molecule has 38 heavy (non-hydrogen) atoms. The van der Waals surface area contributed by atoms with Crippen molar-refractivity contribution in [3.63, 3.8) is 0 Å². The molecule has 1 fully saturated rings. The summed E-state index contributed by atoms with van der Waals surface area (Å²) in [6.45, 7) is 0.358. The molecule has 0 saturated carbocycles. The number of benzene rings is 2. The Balaban J connectivity index is 1.39. The van der Waals surface area contributed by atoms with E-state index in [0.29, 0.717) is 24.3 Å². The number of nitrogens with zero attached hydrogens (tertiary/aromatic N) is 4. The fraction of sp³-hybridized carbons (Fsp3) is 0.423. The molecule has 4 rings (SSSR count). The number of aromatic nitrogens is 3. The smallest absolute Gasteiger partial charge is 0.225 e. The lowest BCUT2D eigenvalue weighted by Crippen LogP contribution is -2.56. The molecular weight excluding hydrogens is 497 g/mol. The third-order valence-electron chi connectivity index (χ3n) is 6.60. The van der Waals surface area contributed by atoms with Crippen molar-refractivity contribution < 1.29 is 34.0 Å². The first kappa shape index (κ1) is 27.5. The van der Waals surface area contributed by atoms with Crippen molar-refractivity contribution in [3.05, 3.63) is 60.5 Å². The van der Waals surface area contributed by atoms with Gasteiger partial charge in [0.2, 0.25) is 5.91 Å². The van der Waals surface area contributed by atoms with Crippen LogP contribution in [0.4, 0.5) is 10.1 Å². The number of carbonyl (C=O) groups excluding carboxylic acids is 1. The minimum absolute atomic E-state index is 0.175. The van der Waals surface area contributed by atoms with Gasteiger partial charge in [-0.1, -0.05) is 17.3 Å². The standard InChI is InChI=1S/C26H32FN5O6/c1-31(11-10-28-18-6-8-19(37-2)9-7-18)23(34)13-21-25(35)24(26(36)22(15-33)38-21)32-14-20(29-30-32)16-4-3-5-17(27)12-16/h3-9,12,14,21-22,24-26,28,33,35-36H,10-11,13,15H2,1-2H3/t21-,22+,24+,25-,26-/m0/s1. The molecule has 0 unspecified atom stereocenters. The molecule has 0 bridgehead atoms. The highest BCUT2D eigenvalue weighted by molar-refractivity contribution is 5.76. The predicted octanol–water partition coefficient (Wildman–Crippen LogP) is 1.08. The summed E-state index contributed by atoms with van der Waals surface area (Å²) in [5.74, 6) is 0.0245. The SMILES string of the molecule is COc1ccc(NCCN(C)C(=O)C[C@@H]2O[C@H](CO)[C@H](O)[C@H](n3cc(-c4cccc(F)c4)nn3)[C@H]2O)cc1. The number of hydrogen-bond acceptors (Lipinski definition) is 9. The van der Waals surface area contributed by atoms with E-state index >= 15 is 0 Å². The largest absolute Gasteiger partial charge is 0.497 e. The molecule has 1 aliphatic heterocycles. The van der Waals surface area contributed by atoms with Crippen molar-refractivity contribution in [2.45, 2.75) is 36.9 Å². The Morgan fingerprint density at radius 1 is 1.18 bits per heavy atom. The predicted molar refractivity (Wildman–Crippen MR) is 136 cm³/mol. The molecule has 3 aromatic rings. The highest BCUT2D eigenvalue weighted by Crippen LogP contribution is 2.32. The number of methoxy groups -OCH3 is 1. The van der Waals surface area contributed by atoms with Crippen LogP contribution in [0.1, 0.15) is 12.5 Å². The number of hydrogen-bond donors (Lipinski definition) is 4. The molecule has 2 aromatic carbocycles. The van der Waals surface area contributed by atoms with Gasteiger partial charge in [0, 0.05) is 31.4 Å². The maximum atomic E-state index is 13.6. The van der Waals surface area contributed by atoms with Crippen molar-refractivity contribution in [1.29, 1.82) is 0 Å². The highest BCUT2D eigenvalue weighted by atomic mass is 19.1. The average Bonchev–Trinajstić information content (AvgIpc) is 3.40. The van der Waals surface area contributed by atoms with Gasteiger partial charge < -0.3 is 35.0 Å². The Labute approximate surface area is 219 Å². The van der Waals surface area contributed by atoms with E-state index in [1.807, 2.05) is 24.3 Å². The van der Waals surface area contributed by atoms with Crippen molar-refractivity contribution >= 4 is 11.6 Å². The van der Waals surface area contributed by atoms with Gasteiger partial charge in [-0.15, -0.1) is 5.10 Å².